The van der Waals surface area contributed by atoms with Crippen molar-refractivity contribution < 1.29 is 9.53 Å². The van der Waals surface area contributed by atoms with Crippen LogP contribution in [-0.4, -0.2) is 21.8 Å². The maximum atomic E-state index is 11.8. The zero-order valence-electron chi connectivity index (χ0n) is 10.1. The van der Waals surface area contributed by atoms with Gasteiger partial charge in [-0.25, -0.2) is 10.9 Å². The highest BCUT2D eigenvalue weighted by Gasteiger charge is 2.29. The van der Waals surface area contributed by atoms with Crippen molar-refractivity contribution in [1.29, 1.82) is 0 Å². The zero-order valence-corrected chi connectivity index (χ0v) is 13.3. The van der Waals surface area contributed by atoms with Crippen molar-refractivity contribution in [1.82, 2.24) is 5.01 Å². The van der Waals surface area contributed by atoms with E-state index in [-0.39, 0.29) is 5.91 Å². The Morgan fingerprint density at radius 3 is 2.89 bits per heavy atom. The number of carbonyl (C=O) groups excluding carboxylic acids is 1. The third-order valence-electron chi connectivity index (χ3n) is 2.38. The minimum atomic E-state index is -0.294. The van der Waals surface area contributed by atoms with E-state index in [1.54, 1.807) is 6.08 Å². The van der Waals surface area contributed by atoms with E-state index >= 15 is 0 Å². The summed E-state index contributed by atoms with van der Waals surface area (Å²) in [5.41, 5.74) is 0.810. The SMILES string of the molecule is CCOc1ccc(Br)cc1/C=C1\SC(=S)N(N)C1=O. The monoisotopic (exact) mass is 358 g/mol. The smallest absolute Gasteiger partial charge is 0.280 e. The van der Waals surface area contributed by atoms with Gasteiger partial charge in [0.05, 0.1) is 11.5 Å². The highest BCUT2D eigenvalue weighted by Crippen LogP contribution is 2.33. The van der Waals surface area contributed by atoms with Crippen molar-refractivity contribution in [3.8, 4) is 5.75 Å². The second kappa shape index (κ2) is 6.04. The van der Waals surface area contributed by atoms with Crippen molar-refractivity contribution in [3.63, 3.8) is 0 Å². The van der Waals surface area contributed by atoms with E-state index in [9.17, 15) is 4.79 Å². The van der Waals surface area contributed by atoms with Gasteiger partial charge in [0.15, 0.2) is 4.32 Å². The second-order valence-electron chi connectivity index (χ2n) is 3.67. The van der Waals surface area contributed by atoms with Crippen LogP contribution < -0.4 is 10.6 Å². The molecule has 0 bridgehead atoms. The molecule has 1 aliphatic heterocycles. The van der Waals surface area contributed by atoms with Crippen LogP contribution in [0.15, 0.2) is 27.6 Å². The molecule has 0 aromatic heterocycles. The lowest BCUT2D eigenvalue weighted by Crippen LogP contribution is -2.34. The van der Waals surface area contributed by atoms with Crippen LogP contribution in [-0.2, 0) is 4.79 Å². The van der Waals surface area contributed by atoms with Gasteiger partial charge < -0.3 is 4.74 Å². The van der Waals surface area contributed by atoms with Gasteiger partial charge in [0, 0.05) is 10.0 Å². The first-order valence-electron chi connectivity index (χ1n) is 5.48. The normalized spacial score (nSPS) is 17.4. The van der Waals surface area contributed by atoms with Crippen molar-refractivity contribution in [2.75, 3.05) is 6.61 Å². The fourth-order valence-corrected chi connectivity index (χ4v) is 3.01. The Hall–Kier alpha value is -0.890. The van der Waals surface area contributed by atoms with Gasteiger partial charge in [-0.3, -0.25) is 4.79 Å². The van der Waals surface area contributed by atoms with E-state index in [1.165, 1.54) is 11.8 Å². The summed E-state index contributed by atoms with van der Waals surface area (Å²) in [4.78, 5) is 12.3. The van der Waals surface area contributed by atoms with Gasteiger partial charge in [-0.1, -0.05) is 39.9 Å². The third-order valence-corrected chi connectivity index (χ3v) is 4.21. The molecule has 0 spiro atoms. The van der Waals surface area contributed by atoms with Gasteiger partial charge in [0.2, 0.25) is 0 Å². The standard InChI is InChI=1S/C12H11BrN2O2S2/c1-2-17-9-4-3-8(13)5-7(9)6-10-11(16)15(14)12(18)19-10/h3-6H,2,14H2,1H3/b10-6-. The zero-order chi connectivity index (χ0) is 14.0. The van der Waals surface area contributed by atoms with Crippen LogP contribution in [0.3, 0.4) is 0 Å². The van der Waals surface area contributed by atoms with Crippen LogP contribution >= 0.6 is 39.9 Å². The van der Waals surface area contributed by atoms with Gasteiger partial charge in [-0.15, -0.1) is 0 Å². The number of nitrogens with two attached hydrogens (primary N) is 1. The topological polar surface area (TPSA) is 55.6 Å². The average molecular weight is 359 g/mol. The first kappa shape index (κ1) is 14.5. The molecule has 0 saturated carbocycles. The maximum absolute atomic E-state index is 11.8. The van der Waals surface area contributed by atoms with E-state index in [2.05, 4.69) is 15.9 Å². The number of benzene rings is 1. The van der Waals surface area contributed by atoms with E-state index in [0.29, 0.717) is 21.6 Å². The first-order valence-corrected chi connectivity index (χ1v) is 7.49. The molecule has 4 nitrogen and oxygen atoms in total. The maximum Gasteiger partial charge on any atom is 0.280 e. The van der Waals surface area contributed by atoms with Crippen LogP contribution in [0, 0.1) is 0 Å². The number of thioether (sulfide) groups is 1. The molecule has 19 heavy (non-hydrogen) atoms. The van der Waals surface area contributed by atoms with E-state index in [4.69, 9.17) is 22.8 Å². The molecule has 1 amide bonds. The number of ether oxygens (including phenoxy) is 1. The molecule has 1 aromatic rings. The van der Waals surface area contributed by atoms with Gasteiger partial charge in [0.1, 0.15) is 5.75 Å². The highest BCUT2D eigenvalue weighted by molar-refractivity contribution is 9.10. The molecule has 0 atom stereocenters. The second-order valence-corrected chi connectivity index (χ2v) is 6.26. The fraction of sp³-hybridized carbons (Fsp3) is 0.167. The molecule has 0 aliphatic carbocycles. The largest absolute Gasteiger partial charge is 0.493 e. The quantitative estimate of drug-likeness (QED) is 0.389. The summed E-state index contributed by atoms with van der Waals surface area (Å²) in [6.07, 6.45) is 1.74. The Bertz CT molecular complexity index is 575. The Kier molecular flexibility index (Phi) is 4.62. The minimum absolute atomic E-state index is 0.294. The van der Waals surface area contributed by atoms with Gasteiger partial charge in [-0.05, 0) is 31.2 Å². The molecule has 1 aliphatic rings. The number of hydrogen-bond donors (Lipinski definition) is 1. The summed E-state index contributed by atoms with van der Waals surface area (Å²) in [6, 6.07) is 5.62. The first-order chi connectivity index (χ1) is 9.02. The Morgan fingerprint density at radius 1 is 1.58 bits per heavy atom. The van der Waals surface area contributed by atoms with Gasteiger partial charge in [-0.2, -0.15) is 0 Å². The molecule has 2 rings (SSSR count). The van der Waals surface area contributed by atoms with Crippen molar-refractivity contribution >= 4 is 56.2 Å². The summed E-state index contributed by atoms with van der Waals surface area (Å²) in [7, 11) is 0. The van der Waals surface area contributed by atoms with E-state index in [1.807, 2.05) is 25.1 Å². The van der Waals surface area contributed by atoms with E-state index < -0.39 is 0 Å². The molecule has 1 aromatic carbocycles. The number of amides is 1. The summed E-state index contributed by atoms with van der Waals surface area (Å²) in [5.74, 6) is 5.95. The third kappa shape index (κ3) is 3.17. The summed E-state index contributed by atoms with van der Waals surface area (Å²) >= 11 is 9.56. The fourth-order valence-electron chi connectivity index (χ4n) is 1.54. The predicted molar refractivity (Wildman–Crippen MR) is 84.5 cm³/mol. The Labute approximate surface area is 129 Å². The van der Waals surface area contributed by atoms with Gasteiger partial charge >= 0.3 is 0 Å². The molecule has 100 valence electrons. The lowest BCUT2D eigenvalue weighted by Gasteiger charge is -2.08. The molecule has 1 saturated heterocycles. The number of thiocarbonyl (C=S) groups is 1. The summed E-state index contributed by atoms with van der Waals surface area (Å²) in [6.45, 7) is 2.46. The van der Waals surface area contributed by atoms with Crippen LogP contribution in [0.1, 0.15) is 12.5 Å². The number of hydrogen-bond acceptors (Lipinski definition) is 5. The molecule has 0 unspecified atom stereocenters. The van der Waals surface area contributed by atoms with Crippen LogP contribution in [0.5, 0.6) is 5.75 Å². The summed E-state index contributed by atoms with van der Waals surface area (Å²) < 4.78 is 6.79. The lowest BCUT2D eigenvalue weighted by atomic mass is 10.2. The molecule has 7 heteroatoms. The van der Waals surface area contributed by atoms with Crippen LogP contribution in [0.4, 0.5) is 0 Å². The number of carbonyl (C=O) groups is 1. The van der Waals surface area contributed by atoms with Crippen LogP contribution in [0.25, 0.3) is 6.08 Å². The van der Waals surface area contributed by atoms with Gasteiger partial charge in [0.25, 0.3) is 5.91 Å². The van der Waals surface area contributed by atoms with Crippen LogP contribution in [0.2, 0.25) is 0 Å². The van der Waals surface area contributed by atoms with E-state index in [0.717, 1.165) is 15.0 Å². The highest BCUT2D eigenvalue weighted by atomic mass is 79.9. The lowest BCUT2D eigenvalue weighted by molar-refractivity contribution is -0.122. The molecule has 1 fully saturated rings. The predicted octanol–water partition coefficient (Wildman–Crippen LogP) is 2.92. The number of rotatable bonds is 3. The molecular formula is C12H11BrN2O2S2. The number of halogens is 1. The van der Waals surface area contributed by atoms with Crippen molar-refractivity contribution in [2.45, 2.75) is 6.92 Å². The number of hydrazine groups is 1. The minimum Gasteiger partial charge on any atom is -0.493 e. The average Bonchev–Trinajstić information content (AvgIpc) is 2.61. The molecule has 0 radical (unpaired) electrons. The molecule has 2 N–H and O–H groups in total. The number of nitrogens with zero attached hydrogens (tertiary/aromatic N) is 1. The summed E-state index contributed by atoms with van der Waals surface area (Å²) in [5, 5.41) is 0.976. The van der Waals surface area contributed by atoms with Crippen molar-refractivity contribution in [2.24, 2.45) is 5.84 Å². The molecular weight excluding hydrogens is 348 g/mol. The molecule has 1 heterocycles. The Balaban J connectivity index is 2.40. The van der Waals surface area contributed by atoms with Crippen molar-refractivity contribution in [3.05, 3.63) is 33.1 Å². The Morgan fingerprint density at radius 2 is 2.32 bits per heavy atom.